The molecule has 1 aromatic carbocycles. The van der Waals surface area contributed by atoms with E-state index >= 15 is 0 Å². The summed E-state index contributed by atoms with van der Waals surface area (Å²) in [7, 11) is 0. The fourth-order valence-electron chi connectivity index (χ4n) is 0.817. The van der Waals surface area contributed by atoms with Gasteiger partial charge in [-0.25, -0.2) is 4.39 Å². The van der Waals surface area contributed by atoms with E-state index < -0.39 is 5.82 Å². The van der Waals surface area contributed by atoms with Crippen molar-refractivity contribution < 1.29 is 4.39 Å². The van der Waals surface area contributed by atoms with Crippen LogP contribution in [0.1, 0.15) is 11.1 Å². The minimum absolute atomic E-state index is 0.0593. The number of nitriles is 1. The summed E-state index contributed by atoms with van der Waals surface area (Å²) >= 11 is 0. The lowest BCUT2D eigenvalue weighted by molar-refractivity contribution is 0.631. The third-order valence-electron chi connectivity index (χ3n) is 1.58. The van der Waals surface area contributed by atoms with Gasteiger partial charge in [-0.15, -0.1) is 0 Å². The van der Waals surface area contributed by atoms with Crippen molar-refractivity contribution >= 4 is 5.69 Å². The number of hydrogen-bond donors (Lipinski definition) is 1. The Bertz CT molecular complexity index is 326. The van der Waals surface area contributed by atoms with Crippen LogP contribution in [0.4, 0.5) is 10.1 Å². The minimum Gasteiger partial charge on any atom is -0.396 e. The Morgan fingerprint density at radius 3 is 2.73 bits per heavy atom. The molecule has 0 bridgehead atoms. The lowest BCUT2D eigenvalue weighted by atomic mass is 10.1. The van der Waals surface area contributed by atoms with E-state index in [0.717, 1.165) is 0 Å². The molecule has 0 saturated carbocycles. The topological polar surface area (TPSA) is 49.8 Å². The van der Waals surface area contributed by atoms with Crippen LogP contribution in [-0.2, 0) is 0 Å². The second-order valence-corrected chi connectivity index (χ2v) is 2.25. The number of anilines is 1. The van der Waals surface area contributed by atoms with Gasteiger partial charge >= 0.3 is 0 Å². The van der Waals surface area contributed by atoms with Crippen LogP contribution in [0.25, 0.3) is 0 Å². The summed E-state index contributed by atoms with van der Waals surface area (Å²) in [6.07, 6.45) is 0. The highest BCUT2D eigenvalue weighted by Crippen LogP contribution is 2.18. The van der Waals surface area contributed by atoms with Crippen molar-refractivity contribution in [2.45, 2.75) is 6.92 Å². The first kappa shape index (κ1) is 7.55. The van der Waals surface area contributed by atoms with E-state index in [1.54, 1.807) is 6.92 Å². The molecule has 1 aromatic rings. The number of halogens is 1. The van der Waals surface area contributed by atoms with Gasteiger partial charge in [-0.1, -0.05) is 0 Å². The predicted octanol–water partition coefficient (Wildman–Crippen LogP) is 1.59. The molecule has 2 N–H and O–H groups in total. The Balaban J connectivity index is 3.40. The van der Waals surface area contributed by atoms with Gasteiger partial charge in [0, 0.05) is 0 Å². The van der Waals surface area contributed by atoms with Gasteiger partial charge in [0.15, 0.2) is 0 Å². The van der Waals surface area contributed by atoms with Crippen LogP contribution in [0.3, 0.4) is 0 Å². The summed E-state index contributed by atoms with van der Waals surface area (Å²) < 4.78 is 12.7. The molecule has 1 rings (SSSR count). The molecule has 0 heterocycles. The van der Waals surface area contributed by atoms with Crippen LogP contribution in [0, 0.1) is 24.1 Å². The maximum absolute atomic E-state index is 12.7. The van der Waals surface area contributed by atoms with E-state index in [4.69, 9.17) is 11.0 Å². The molecule has 0 aliphatic rings. The van der Waals surface area contributed by atoms with Gasteiger partial charge in [-0.3, -0.25) is 0 Å². The number of nitrogens with two attached hydrogens (primary N) is 1. The van der Waals surface area contributed by atoms with Crippen molar-refractivity contribution in [3.8, 4) is 6.07 Å². The second-order valence-electron chi connectivity index (χ2n) is 2.25. The van der Waals surface area contributed by atoms with Gasteiger partial charge in [0.05, 0.1) is 17.3 Å². The molecule has 0 radical (unpaired) electrons. The van der Waals surface area contributed by atoms with E-state index in [1.165, 1.54) is 12.1 Å². The first-order chi connectivity index (χ1) is 5.16. The first-order valence-electron chi connectivity index (χ1n) is 3.11. The molecule has 0 amide bonds. The Morgan fingerprint density at radius 2 is 2.18 bits per heavy atom. The van der Waals surface area contributed by atoms with E-state index in [-0.39, 0.29) is 5.69 Å². The monoisotopic (exact) mass is 150 g/mol. The summed E-state index contributed by atoms with van der Waals surface area (Å²) in [6.45, 7) is 1.62. The molecule has 2 nitrogen and oxygen atoms in total. The summed E-state index contributed by atoms with van der Waals surface area (Å²) in [5.41, 5.74) is 6.32. The molecule has 0 saturated heterocycles. The number of nitrogen functional groups attached to an aromatic ring is 1. The quantitative estimate of drug-likeness (QED) is 0.571. The van der Waals surface area contributed by atoms with Gasteiger partial charge in [-0.2, -0.15) is 5.26 Å². The van der Waals surface area contributed by atoms with Gasteiger partial charge < -0.3 is 5.73 Å². The van der Waals surface area contributed by atoms with Crippen LogP contribution in [0.2, 0.25) is 0 Å². The van der Waals surface area contributed by atoms with E-state index in [2.05, 4.69) is 0 Å². The molecule has 0 aliphatic carbocycles. The largest absolute Gasteiger partial charge is 0.396 e. The molecule has 0 spiro atoms. The number of benzene rings is 1. The molecule has 0 aliphatic heterocycles. The maximum atomic E-state index is 12.7. The standard InChI is InChI=1S/C8H7FN2/c1-5-6(4-10)2-3-7(9)8(5)11/h2-3H,11H2,1H3. The third-order valence-corrected chi connectivity index (χ3v) is 1.58. The van der Waals surface area contributed by atoms with Gasteiger partial charge in [0.2, 0.25) is 0 Å². The second kappa shape index (κ2) is 2.59. The Morgan fingerprint density at radius 1 is 1.55 bits per heavy atom. The SMILES string of the molecule is Cc1c(C#N)ccc(F)c1N. The average molecular weight is 150 g/mol. The lowest BCUT2D eigenvalue weighted by Gasteiger charge is -2.01. The van der Waals surface area contributed by atoms with Crippen LogP contribution in [-0.4, -0.2) is 0 Å². The molecule has 0 unspecified atom stereocenters. The highest BCUT2D eigenvalue weighted by Gasteiger charge is 2.04. The molecule has 0 atom stereocenters. The Labute approximate surface area is 64.1 Å². The fourth-order valence-corrected chi connectivity index (χ4v) is 0.817. The Hall–Kier alpha value is -1.56. The zero-order valence-electron chi connectivity index (χ0n) is 6.06. The van der Waals surface area contributed by atoms with Crippen molar-refractivity contribution in [3.63, 3.8) is 0 Å². The third kappa shape index (κ3) is 1.15. The summed E-state index contributed by atoms with van der Waals surface area (Å²) in [6, 6.07) is 4.53. The fraction of sp³-hybridized carbons (Fsp3) is 0.125. The lowest BCUT2D eigenvalue weighted by Crippen LogP contribution is -1.96. The van der Waals surface area contributed by atoms with E-state index in [9.17, 15) is 4.39 Å². The molecule has 3 heteroatoms. The molecule has 56 valence electrons. The summed E-state index contributed by atoms with van der Waals surface area (Å²) in [4.78, 5) is 0. The maximum Gasteiger partial charge on any atom is 0.146 e. The number of nitrogens with zero attached hydrogens (tertiary/aromatic N) is 1. The molecule has 11 heavy (non-hydrogen) atoms. The summed E-state index contributed by atoms with van der Waals surface area (Å²) in [5.74, 6) is -0.471. The van der Waals surface area contributed by atoms with Crippen molar-refractivity contribution in [2.75, 3.05) is 5.73 Å². The van der Waals surface area contributed by atoms with Crippen molar-refractivity contribution in [2.24, 2.45) is 0 Å². The van der Waals surface area contributed by atoms with Crippen molar-refractivity contribution in [1.29, 1.82) is 5.26 Å². The minimum atomic E-state index is -0.471. The molecular weight excluding hydrogens is 143 g/mol. The highest BCUT2D eigenvalue weighted by molar-refractivity contribution is 5.55. The normalized spacial score (nSPS) is 9.18. The van der Waals surface area contributed by atoms with Crippen molar-refractivity contribution in [1.82, 2.24) is 0 Å². The zero-order valence-corrected chi connectivity index (χ0v) is 6.06. The van der Waals surface area contributed by atoms with Crippen molar-refractivity contribution in [3.05, 3.63) is 29.1 Å². The van der Waals surface area contributed by atoms with Gasteiger partial charge in [0.1, 0.15) is 5.82 Å². The molecule has 0 aromatic heterocycles. The molecule has 0 fully saturated rings. The summed E-state index contributed by atoms with van der Waals surface area (Å²) in [5, 5.41) is 8.51. The van der Waals surface area contributed by atoms with Crippen LogP contribution in [0.15, 0.2) is 12.1 Å². The average Bonchev–Trinajstić information content (AvgIpc) is 2.01. The van der Waals surface area contributed by atoms with Crippen LogP contribution < -0.4 is 5.73 Å². The van der Waals surface area contributed by atoms with Crippen LogP contribution >= 0.6 is 0 Å². The van der Waals surface area contributed by atoms with E-state index in [1.807, 2.05) is 6.07 Å². The predicted molar refractivity (Wildman–Crippen MR) is 40.3 cm³/mol. The van der Waals surface area contributed by atoms with Gasteiger partial charge in [-0.05, 0) is 24.6 Å². The number of rotatable bonds is 0. The smallest absolute Gasteiger partial charge is 0.146 e. The van der Waals surface area contributed by atoms with E-state index in [0.29, 0.717) is 11.1 Å². The first-order valence-corrected chi connectivity index (χ1v) is 3.11. The Kier molecular flexibility index (Phi) is 1.77. The zero-order chi connectivity index (χ0) is 8.43. The van der Waals surface area contributed by atoms with Crippen LogP contribution in [0.5, 0.6) is 0 Å². The highest BCUT2D eigenvalue weighted by atomic mass is 19.1. The molecular formula is C8H7FN2. The number of hydrogen-bond acceptors (Lipinski definition) is 2. The van der Waals surface area contributed by atoms with Gasteiger partial charge in [0.25, 0.3) is 0 Å².